The van der Waals surface area contributed by atoms with Gasteiger partial charge in [0.25, 0.3) is 5.56 Å². The molecule has 2 aliphatic rings. The van der Waals surface area contributed by atoms with Gasteiger partial charge in [-0.15, -0.1) is 0 Å². The van der Waals surface area contributed by atoms with Crippen molar-refractivity contribution in [2.45, 2.75) is 70.3 Å². The molecule has 3 aromatic heterocycles. The number of fused-ring (bicyclic) bond motifs is 1. The molecule has 2 fully saturated rings. The minimum atomic E-state index is 0.130. The maximum absolute atomic E-state index is 13.6. The molecule has 0 radical (unpaired) electrons. The van der Waals surface area contributed by atoms with Crippen molar-refractivity contribution in [3.63, 3.8) is 0 Å². The lowest BCUT2D eigenvalue weighted by Gasteiger charge is -2.23. The predicted molar refractivity (Wildman–Crippen MR) is 112 cm³/mol. The Labute approximate surface area is 165 Å². The van der Waals surface area contributed by atoms with Crippen molar-refractivity contribution in [1.29, 1.82) is 0 Å². The Kier molecular flexibility index (Phi) is 4.50. The number of pyridine rings is 3. The van der Waals surface area contributed by atoms with Crippen LogP contribution >= 0.6 is 0 Å². The summed E-state index contributed by atoms with van der Waals surface area (Å²) < 4.78 is 1.89. The molecule has 2 saturated carbocycles. The number of aryl methyl sites for hydroxylation is 1. The summed E-state index contributed by atoms with van der Waals surface area (Å²) >= 11 is 0. The summed E-state index contributed by atoms with van der Waals surface area (Å²) in [6.07, 6.45) is 10.3. The van der Waals surface area contributed by atoms with Crippen LogP contribution in [0.1, 0.15) is 79.3 Å². The number of aromatic nitrogens is 3. The SMILES string of the molecule is Cc1ccc2cc(C3CCCCC3)c(=O)n(Cc3ncccc3C3CC3)c2n1. The van der Waals surface area contributed by atoms with E-state index in [-0.39, 0.29) is 5.56 Å². The molecule has 3 aromatic rings. The van der Waals surface area contributed by atoms with E-state index < -0.39 is 0 Å². The van der Waals surface area contributed by atoms with Crippen LogP contribution in [0, 0.1) is 6.92 Å². The summed E-state index contributed by atoms with van der Waals surface area (Å²) in [6, 6.07) is 10.4. The van der Waals surface area contributed by atoms with Crippen LogP contribution in [-0.2, 0) is 6.54 Å². The van der Waals surface area contributed by atoms with Gasteiger partial charge in [-0.3, -0.25) is 14.3 Å². The van der Waals surface area contributed by atoms with Gasteiger partial charge in [-0.25, -0.2) is 4.98 Å². The second-order valence-corrected chi connectivity index (χ2v) is 8.50. The van der Waals surface area contributed by atoms with Crippen LogP contribution in [0.4, 0.5) is 0 Å². The fourth-order valence-electron chi connectivity index (χ4n) is 4.72. The molecule has 28 heavy (non-hydrogen) atoms. The summed E-state index contributed by atoms with van der Waals surface area (Å²) in [4.78, 5) is 23.0. The average molecular weight is 374 g/mol. The van der Waals surface area contributed by atoms with Crippen LogP contribution < -0.4 is 5.56 Å². The molecule has 0 amide bonds. The highest BCUT2D eigenvalue weighted by Crippen LogP contribution is 2.41. The fraction of sp³-hybridized carbons (Fsp3) is 0.458. The fourth-order valence-corrected chi connectivity index (χ4v) is 4.72. The minimum Gasteiger partial charge on any atom is -0.286 e. The van der Waals surface area contributed by atoms with Gasteiger partial charge >= 0.3 is 0 Å². The molecule has 3 heterocycles. The molecular weight excluding hydrogens is 346 g/mol. The maximum Gasteiger partial charge on any atom is 0.256 e. The third-order valence-corrected chi connectivity index (χ3v) is 6.40. The van der Waals surface area contributed by atoms with E-state index in [1.807, 2.05) is 29.8 Å². The summed E-state index contributed by atoms with van der Waals surface area (Å²) in [5, 5.41) is 1.06. The first-order valence-corrected chi connectivity index (χ1v) is 10.7. The highest BCUT2D eigenvalue weighted by atomic mass is 16.1. The quantitative estimate of drug-likeness (QED) is 0.641. The van der Waals surface area contributed by atoms with Crippen LogP contribution in [0.3, 0.4) is 0 Å². The Morgan fingerprint density at radius 2 is 1.79 bits per heavy atom. The zero-order chi connectivity index (χ0) is 19.1. The molecule has 0 unspecified atom stereocenters. The molecule has 5 rings (SSSR count). The summed E-state index contributed by atoms with van der Waals surface area (Å²) in [5.41, 5.74) is 5.16. The number of nitrogens with zero attached hydrogens (tertiary/aromatic N) is 3. The number of rotatable bonds is 4. The van der Waals surface area contributed by atoms with Gasteiger partial charge in [-0.05, 0) is 74.3 Å². The van der Waals surface area contributed by atoms with E-state index >= 15 is 0 Å². The van der Waals surface area contributed by atoms with Gasteiger partial charge in [-0.2, -0.15) is 0 Å². The van der Waals surface area contributed by atoms with E-state index in [0.29, 0.717) is 18.4 Å². The van der Waals surface area contributed by atoms with Crippen LogP contribution in [0.2, 0.25) is 0 Å². The summed E-state index contributed by atoms with van der Waals surface area (Å²) in [7, 11) is 0. The van der Waals surface area contributed by atoms with Crippen molar-refractivity contribution >= 4 is 11.0 Å². The van der Waals surface area contributed by atoms with E-state index in [2.05, 4.69) is 23.2 Å². The zero-order valence-corrected chi connectivity index (χ0v) is 16.5. The van der Waals surface area contributed by atoms with Gasteiger partial charge in [0.15, 0.2) is 0 Å². The van der Waals surface area contributed by atoms with Gasteiger partial charge < -0.3 is 0 Å². The van der Waals surface area contributed by atoms with Gasteiger partial charge in [-0.1, -0.05) is 25.3 Å². The predicted octanol–water partition coefficient (Wildman–Crippen LogP) is 5.07. The molecule has 0 aliphatic heterocycles. The molecule has 0 atom stereocenters. The Hall–Kier alpha value is -2.49. The number of hydrogen-bond donors (Lipinski definition) is 0. The van der Waals surface area contributed by atoms with Crippen molar-refractivity contribution in [2.75, 3.05) is 0 Å². The molecular formula is C24H27N3O. The van der Waals surface area contributed by atoms with E-state index in [1.54, 1.807) is 0 Å². The highest BCUT2D eigenvalue weighted by Gasteiger charge is 2.27. The lowest BCUT2D eigenvalue weighted by atomic mass is 9.84. The molecule has 0 saturated heterocycles. The van der Waals surface area contributed by atoms with Crippen molar-refractivity contribution < 1.29 is 0 Å². The molecule has 0 bridgehead atoms. The number of hydrogen-bond acceptors (Lipinski definition) is 3. The first-order valence-electron chi connectivity index (χ1n) is 10.7. The molecule has 2 aliphatic carbocycles. The third-order valence-electron chi connectivity index (χ3n) is 6.40. The molecule has 0 aromatic carbocycles. The van der Waals surface area contributed by atoms with Gasteiger partial charge in [0, 0.05) is 22.8 Å². The summed E-state index contributed by atoms with van der Waals surface area (Å²) in [5.74, 6) is 0.992. The van der Waals surface area contributed by atoms with E-state index in [9.17, 15) is 4.79 Å². The van der Waals surface area contributed by atoms with Crippen molar-refractivity contribution in [2.24, 2.45) is 0 Å². The van der Waals surface area contributed by atoms with Crippen molar-refractivity contribution in [3.8, 4) is 0 Å². The Bertz CT molecular complexity index is 1070. The Morgan fingerprint density at radius 3 is 2.57 bits per heavy atom. The molecule has 0 N–H and O–H groups in total. The molecule has 0 spiro atoms. The van der Waals surface area contributed by atoms with E-state index in [4.69, 9.17) is 4.98 Å². The topological polar surface area (TPSA) is 47.8 Å². The normalized spacial score (nSPS) is 17.9. The standard InChI is InChI=1S/C24H27N3O/c1-16-9-10-19-14-21(17-6-3-2-4-7-17)24(28)27(23(19)26-16)15-22-20(18-11-12-18)8-5-13-25-22/h5,8-10,13-14,17-18H,2-4,6-7,11-12,15H2,1H3. The smallest absolute Gasteiger partial charge is 0.256 e. The monoisotopic (exact) mass is 373 g/mol. The van der Waals surface area contributed by atoms with E-state index in [1.165, 1.54) is 37.7 Å². The first kappa shape index (κ1) is 17.6. The maximum atomic E-state index is 13.6. The van der Waals surface area contributed by atoms with Crippen LogP contribution in [0.5, 0.6) is 0 Å². The van der Waals surface area contributed by atoms with Gasteiger partial charge in [0.1, 0.15) is 5.65 Å². The minimum absolute atomic E-state index is 0.130. The van der Waals surface area contributed by atoms with Crippen molar-refractivity contribution in [1.82, 2.24) is 14.5 Å². The molecule has 4 nitrogen and oxygen atoms in total. The van der Waals surface area contributed by atoms with Crippen molar-refractivity contribution in [3.05, 3.63) is 69.4 Å². The lowest BCUT2D eigenvalue weighted by Crippen LogP contribution is -2.28. The van der Waals surface area contributed by atoms with Crippen LogP contribution in [0.25, 0.3) is 11.0 Å². The van der Waals surface area contributed by atoms with Gasteiger partial charge in [0.2, 0.25) is 0 Å². The summed E-state index contributed by atoms with van der Waals surface area (Å²) in [6.45, 7) is 2.50. The van der Waals surface area contributed by atoms with Gasteiger partial charge in [0.05, 0.1) is 12.2 Å². The molecule has 144 valence electrons. The second-order valence-electron chi connectivity index (χ2n) is 8.50. The zero-order valence-electron chi connectivity index (χ0n) is 16.5. The lowest BCUT2D eigenvalue weighted by molar-refractivity contribution is 0.439. The Morgan fingerprint density at radius 1 is 1.00 bits per heavy atom. The first-order chi connectivity index (χ1) is 13.7. The average Bonchev–Trinajstić information content (AvgIpc) is 3.56. The van der Waals surface area contributed by atoms with Crippen LogP contribution in [0.15, 0.2) is 41.3 Å². The molecule has 4 heteroatoms. The van der Waals surface area contributed by atoms with Crippen LogP contribution in [-0.4, -0.2) is 14.5 Å². The highest BCUT2D eigenvalue weighted by molar-refractivity contribution is 5.76. The largest absolute Gasteiger partial charge is 0.286 e. The third kappa shape index (κ3) is 3.25. The second kappa shape index (κ2) is 7.16. The van der Waals surface area contributed by atoms with E-state index in [0.717, 1.165) is 40.8 Å². The Balaban J connectivity index is 1.66.